The Labute approximate surface area is 121 Å². The molecule has 1 heterocycles. The molecule has 0 saturated carbocycles. The first kappa shape index (κ1) is 14.6. The molecule has 1 aromatic carbocycles. The number of hydrogen-bond acceptors (Lipinski definition) is 5. The standard InChI is InChI=1S/C15H15NO5/c1-10(21-15(18)11-7-8-20-9-11)14(17)16-12-5-3-4-6-13(12)19-2/h3-10H,1-2H3,(H,16,17)/t10-/m0/s1. The number of carbonyl (C=O) groups excluding carboxylic acids is 2. The molecule has 0 radical (unpaired) electrons. The second-order valence-electron chi connectivity index (χ2n) is 4.25. The summed E-state index contributed by atoms with van der Waals surface area (Å²) in [5, 5.41) is 2.65. The van der Waals surface area contributed by atoms with Gasteiger partial charge in [0, 0.05) is 0 Å². The number of rotatable bonds is 5. The van der Waals surface area contributed by atoms with Gasteiger partial charge in [-0.05, 0) is 25.1 Å². The molecular formula is C15H15NO5. The second kappa shape index (κ2) is 6.60. The van der Waals surface area contributed by atoms with E-state index >= 15 is 0 Å². The van der Waals surface area contributed by atoms with Crippen LogP contribution >= 0.6 is 0 Å². The minimum absolute atomic E-state index is 0.256. The molecule has 1 atom stereocenters. The van der Waals surface area contributed by atoms with Gasteiger partial charge in [-0.1, -0.05) is 12.1 Å². The quantitative estimate of drug-likeness (QED) is 0.855. The molecule has 1 amide bonds. The maximum Gasteiger partial charge on any atom is 0.342 e. The Morgan fingerprint density at radius 1 is 1.24 bits per heavy atom. The fourth-order valence-electron chi connectivity index (χ4n) is 1.65. The summed E-state index contributed by atoms with van der Waals surface area (Å²) in [6.45, 7) is 1.49. The molecule has 2 rings (SSSR count). The number of esters is 1. The van der Waals surface area contributed by atoms with Crippen LogP contribution in [0.4, 0.5) is 5.69 Å². The lowest BCUT2D eigenvalue weighted by atomic mass is 10.2. The summed E-state index contributed by atoms with van der Waals surface area (Å²) in [6.07, 6.45) is 1.67. The van der Waals surface area contributed by atoms with Crippen LogP contribution in [0.5, 0.6) is 5.75 Å². The predicted molar refractivity (Wildman–Crippen MR) is 75.2 cm³/mol. The summed E-state index contributed by atoms with van der Waals surface area (Å²) < 4.78 is 15.0. The van der Waals surface area contributed by atoms with Crippen LogP contribution in [-0.2, 0) is 9.53 Å². The Morgan fingerprint density at radius 2 is 2.00 bits per heavy atom. The summed E-state index contributed by atoms with van der Waals surface area (Å²) in [5.41, 5.74) is 0.767. The molecule has 2 aromatic rings. The molecule has 0 aliphatic heterocycles. The Bertz CT molecular complexity index is 621. The van der Waals surface area contributed by atoms with Crippen molar-refractivity contribution in [3.63, 3.8) is 0 Å². The summed E-state index contributed by atoms with van der Waals surface area (Å²) in [7, 11) is 1.51. The minimum atomic E-state index is -0.947. The number of amides is 1. The van der Waals surface area contributed by atoms with Crippen molar-refractivity contribution in [2.24, 2.45) is 0 Å². The molecule has 6 heteroatoms. The number of benzene rings is 1. The molecule has 0 fully saturated rings. The summed E-state index contributed by atoms with van der Waals surface area (Å²) in [4.78, 5) is 23.7. The Balaban J connectivity index is 1.98. The maximum atomic E-state index is 12.0. The summed E-state index contributed by atoms with van der Waals surface area (Å²) in [6, 6.07) is 8.43. The number of nitrogens with one attached hydrogen (secondary N) is 1. The Hall–Kier alpha value is -2.76. The van der Waals surface area contributed by atoms with Crippen molar-refractivity contribution in [3.05, 3.63) is 48.4 Å². The topological polar surface area (TPSA) is 77.8 Å². The molecule has 0 bridgehead atoms. The lowest BCUT2D eigenvalue weighted by Gasteiger charge is -2.14. The van der Waals surface area contributed by atoms with Crippen LogP contribution in [-0.4, -0.2) is 25.1 Å². The largest absolute Gasteiger partial charge is 0.495 e. The van der Waals surface area contributed by atoms with Crippen LogP contribution in [0, 0.1) is 0 Å². The van der Waals surface area contributed by atoms with Crippen molar-refractivity contribution >= 4 is 17.6 Å². The van der Waals surface area contributed by atoms with Crippen molar-refractivity contribution in [2.75, 3.05) is 12.4 Å². The van der Waals surface area contributed by atoms with Crippen LogP contribution in [0.1, 0.15) is 17.3 Å². The highest BCUT2D eigenvalue weighted by atomic mass is 16.5. The van der Waals surface area contributed by atoms with Gasteiger partial charge in [0.1, 0.15) is 12.0 Å². The number of para-hydroxylation sites is 2. The molecule has 0 spiro atoms. The Kier molecular flexibility index (Phi) is 4.61. The average molecular weight is 289 g/mol. The van der Waals surface area contributed by atoms with E-state index in [-0.39, 0.29) is 5.56 Å². The second-order valence-corrected chi connectivity index (χ2v) is 4.25. The summed E-state index contributed by atoms with van der Waals surface area (Å²) >= 11 is 0. The van der Waals surface area contributed by atoms with E-state index in [9.17, 15) is 9.59 Å². The van der Waals surface area contributed by atoms with Crippen LogP contribution < -0.4 is 10.1 Å². The van der Waals surface area contributed by atoms with Crippen LogP contribution in [0.15, 0.2) is 47.3 Å². The molecule has 6 nitrogen and oxygen atoms in total. The van der Waals surface area contributed by atoms with Crippen molar-refractivity contribution in [1.29, 1.82) is 0 Å². The van der Waals surface area contributed by atoms with E-state index in [0.29, 0.717) is 11.4 Å². The number of methoxy groups -OCH3 is 1. The third kappa shape index (κ3) is 3.62. The van der Waals surface area contributed by atoms with Crippen LogP contribution in [0.3, 0.4) is 0 Å². The lowest BCUT2D eigenvalue weighted by molar-refractivity contribution is -0.123. The highest BCUT2D eigenvalue weighted by Crippen LogP contribution is 2.23. The molecule has 1 aromatic heterocycles. The van der Waals surface area contributed by atoms with E-state index in [1.165, 1.54) is 32.6 Å². The van der Waals surface area contributed by atoms with Crippen molar-refractivity contribution in [1.82, 2.24) is 0 Å². The fourth-order valence-corrected chi connectivity index (χ4v) is 1.65. The van der Waals surface area contributed by atoms with Gasteiger partial charge in [0.2, 0.25) is 0 Å². The molecule has 0 aliphatic rings. The molecule has 110 valence electrons. The number of hydrogen-bond donors (Lipinski definition) is 1. The minimum Gasteiger partial charge on any atom is -0.495 e. The smallest absolute Gasteiger partial charge is 0.342 e. The van der Waals surface area contributed by atoms with Gasteiger partial charge < -0.3 is 19.2 Å². The normalized spacial score (nSPS) is 11.5. The number of carbonyl (C=O) groups is 2. The van der Waals surface area contributed by atoms with Crippen LogP contribution in [0.25, 0.3) is 0 Å². The molecule has 0 unspecified atom stereocenters. The maximum absolute atomic E-state index is 12.0. The van der Waals surface area contributed by atoms with Gasteiger partial charge >= 0.3 is 5.97 Å². The molecule has 0 saturated heterocycles. The molecule has 1 N–H and O–H groups in total. The van der Waals surface area contributed by atoms with Crippen molar-refractivity contribution in [3.8, 4) is 5.75 Å². The van der Waals surface area contributed by atoms with E-state index in [0.717, 1.165) is 0 Å². The number of ether oxygens (including phenoxy) is 2. The van der Waals surface area contributed by atoms with E-state index in [1.807, 2.05) is 0 Å². The molecular weight excluding hydrogens is 274 g/mol. The Morgan fingerprint density at radius 3 is 2.67 bits per heavy atom. The third-order valence-electron chi connectivity index (χ3n) is 2.77. The van der Waals surface area contributed by atoms with Crippen molar-refractivity contribution in [2.45, 2.75) is 13.0 Å². The first-order valence-corrected chi connectivity index (χ1v) is 6.29. The zero-order valence-electron chi connectivity index (χ0n) is 11.7. The van der Waals surface area contributed by atoms with Gasteiger partial charge in [-0.3, -0.25) is 4.79 Å². The van der Waals surface area contributed by atoms with Gasteiger partial charge in [-0.2, -0.15) is 0 Å². The van der Waals surface area contributed by atoms with E-state index in [1.54, 1.807) is 24.3 Å². The fraction of sp³-hybridized carbons (Fsp3) is 0.200. The van der Waals surface area contributed by atoms with Gasteiger partial charge in [-0.25, -0.2) is 4.79 Å². The summed E-state index contributed by atoms with van der Waals surface area (Å²) in [5.74, 6) is -0.540. The van der Waals surface area contributed by atoms with Crippen molar-refractivity contribution < 1.29 is 23.5 Å². The zero-order chi connectivity index (χ0) is 15.2. The highest BCUT2D eigenvalue weighted by Gasteiger charge is 2.20. The van der Waals surface area contributed by atoms with E-state index < -0.39 is 18.0 Å². The first-order chi connectivity index (χ1) is 10.1. The first-order valence-electron chi connectivity index (χ1n) is 6.29. The predicted octanol–water partition coefficient (Wildman–Crippen LogP) is 2.47. The van der Waals surface area contributed by atoms with Gasteiger partial charge in [0.15, 0.2) is 6.10 Å². The lowest BCUT2D eigenvalue weighted by Crippen LogP contribution is -2.30. The van der Waals surface area contributed by atoms with Gasteiger partial charge in [0.05, 0.1) is 24.6 Å². The van der Waals surface area contributed by atoms with Gasteiger partial charge in [-0.15, -0.1) is 0 Å². The number of anilines is 1. The monoisotopic (exact) mass is 289 g/mol. The van der Waals surface area contributed by atoms with Crippen LogP contribution in [0.2, 0.25) is 0 Å². The molecule has 21 heavy (non-hydrogen) atoms. The average Bonchev–Trinajstić information content (AvgIpc) is 3.02. The highest BCUT2D eigenvalue weighted by molar-refractivity contribution is 5.98. The third-order valence-corrected chi connectivity index (χ3v) is 2.77. The number of furan rings is 1. The SMILES string of the molecule is COc1ccccc1NC(=O)[C@H](C)OC(=O)c1ccoc1. The zero-order valence-corrected chi connectivity index (χ0v) is 11.7. The van der Waals surface area contributed by atoms with E-state index in [2.05, 4.69) is 5.32 Å². The molecule has 0 aliphatic carbocycles. The van der Waals surface area contributed by atoms with Gasteiger partial charge in [0.25, 0.3) is 5.91 Å². The van der Waals surface area contributed by atoms with E-state index in [4.69, 9.17) is 13.9 Å².